The zero-order valence-electron chi connectivity index (χ0n) is 12.4. The summed E-state index contributed by atoms with van der Waals surface area (Å²) in [5.74, 6) is 0.854. The van der Waals surface area contributed by atoms with Gasteiger partial charge in [-0.05, 0) is 56.2 Å². The predicted octanol–water partition coefficient (Wildman–Crippen LogP) is 2.11. The Kier molecular flexibility index (Phi) is 4.75. The van der Waals surface area contributed by atoms with Crippen LogP contribution in [0.3, 0.4) is 0 Å². The summed E-state index contributed by atoms with van der Waals surface area (Å²) in [5.41, 5.74) is 6.19. The molecule has 1 aliphatic carbocycles. The Morgan fingerprint density at radius 2 is 2.05 bits per heavy atom. The highest BCUT2D eigenvalue weighted by atomic mass is 32.1. The maximum Gasteiger partial charge on any atom is 0.255 e. The van der Waals surface area contributed by atoms with Crippen molar-refractivity contribution in [2.24, 2.45) is 5.92 Å². The lowest BCUT2D eigenvalue weighted by Gasteiger charge is -2.36. The molecule has 0 atom stereocenters. The van der Waals surface area contributed by atoms with Crippen LogP contribution in [0.4, 0.5) is 5.82 Å². The van der Waals surface area contributed by atoms with Crippen LogP contribution in [0.15, 0.2) is 5.38 Å². The first-order valence-electron chi connectivity index (χ1n) is 7.96. The highest BCUT2D eigenvalue weighted by Gasteiger charge is 2.27. The van der Waals surface area contributed by atoms with Gasteiger partial charge in [0.05, 0.1) is 5.56 Å². The van der Waals surface area contributed by atoms with Crippen molar-refractivity contribution in [3.8, 4) is 0 Å². The van der Waals surface area contributed by atoms with Crippen molar-refractivity contribution in [3.63, 3.8) is 0 Å². The van der Waals surface area contributed by atoms with E-state index in [-0.39, 0.29) is 5.91 Å². The van der Waals surface area contributed by atoms with Gasteiger partial charge in [-0.25, -0.2) is 0 Å². The number of rotatable bonds is 4. The maximum absolute atomic E-state index is 12.0. The van der Waals surface area contributed by atoms with Gasteiger partial charge in [-0.15, -0.1) is 0 Å². The zero-order chi connectivity index (χ0) is 14.7. The number of nitrogens with two attached hydrogens (primary N) is 1. The van der Waals surface area contributed by atoms with E-state index >= 15 is 0 Å². The van der Waals surface area contributed by atoms with Crippen LogP contribution in [0.25, 0.3) is 0 Å². The molecule has 0 radical (unpaired) electrons. The molecule has 2 heterocycles. The normalized spacial score (nSPS) is 21.7. The predicted molar refractivity (Wildman–Crippen MR) is 85.4 cm³/mol. The average molecular weight is 308 g/mol. The molecule has 116 valence electrons. The molecular weight excluding hydrogens is 284 g/mol. The molecule has 1 aliphatic heterocycles. The topological polar surface area (TPSA) is 71.2 Å². The van der Waals surface area contributed by atoms with Gasteiger partial charge in [0.1, 0.15) is 5.82 Å². The van der Waals surface area contributed by atoms with Gasteiger partial charge < -0.3 is 16.0 Å². The second-order valence-electron chi connectivity index (χ2n) is 6.24. The summed E-state index contributed by atoms with van der Waals surface area (Å²) in [7, 11) is 0. The first-order chi connectivity index (χ1) is 10.2. The lowest BCUT2D eigenvalue weighted by atomic mass is 9.95. The minimum atomic E-state index is -0.0838. The molecule has 0 spiro atoms. The summed E-state index contributed by atoms with van der Waals surface area (Å²) in [6.07, 6.45) is 7.94. The smallest absolute Gasteiger partial charge is 0.255 e. The van der Waals surface area contributed by atoms with Gasteiger partial charge in [0.2, 0.25) is 0 Å². The molecule has 0 aromatic carbocycles. The van der Waals surface area contributed by atoms with Crippen molar-refractivity contribution in [2.45, 2.75) is 44.6 Å². The second-order valence-corrected chi connectivity index (χ2v) is 6.87. The first-order valence-corrected chi connectivity index (χ1v) is 8.80. The van der Waals surface area contributed by atoms with Crippen LogP contribution in [-0.4, -0.2) is 40.9 Å². The number of likely N-dealkylation sites (tertiary alicyclic amines) is 1. The fraction of sp³-hybridized carbons (Fsp3) is 0.733. The van der Waals surface area contributed by atoms with Crippen molar-refractivity contribution in [1.82, 2.24) is 14.6 Å². The third-order valence-electron chi connectivity index (χ3n) is 4.88. The van der Waals surface area contributed by atoms with Gasteiger partial charge >= 0.3 is 0 Å². The number of nitrogens with zero attached hydrogens (tertiary/aromatic N) is 2. The van der Waals surface area contributed by atoms with Gasteiger partial charge in [-0.2, -0.15) is 4.37 Å². The molecule has 2 fully saturated rings. The lowest BCUT2D eigenvalue weighted by molar-refractivity contribution is 0.0926. The number of carbonyl (C=O) groups excluding carboxylic acids is 1. The highest BCUT2D eigenvalue weighted by Crippen LogP contribution is 2.27. The largest absolute Gasteiger partial charge is 0.382 e. The van der Waals surface area contributed by atoms with Crippen LogP contribution in [0.2, 0.25) is 0 Å². The number of hydrogen-bond acceptors (Lipinski definition) is 5. The Morgan fingerprint density at radius 3 is 2.67 bits per heavy atom. The molecule has 1 aromatic heterocycles. The molecule has 2 aliphatic rings. The Bertz CT molecular complexity index is 476. The summed E-state index contributed by atoms with van der Waals surface area (Å²) < 4.78 is 3.94. The SMILES string of the molecule is Nc1nscc1C(=O)NCC1CCN(C2CCCC2)CC1. The van der Waals surface area contributed by atoms with Crippen molar-refractivity contribution in [2.75, 3.05) is 25.4 Å². The quantitative estimate of drug-likeness (QED) is 0.893. The molecule has 6 heteroatoms. The van der Waals surface area contributed by atoms with Crippen LogP contribution in [0.1, 0.15) is 48.9 Å². The minimum Gasteiger partial charge on any atom is -0.382 e. The van der Waals surface area contributed by atoms with E-state index in [4.69, 9.17) is 5.73 Å². The Hall–Kier alpha value is -1.14. The second kappa shape index (κ2) is 6.75. The van der Waals surface area contributed by atoms with E-state index in [1.54, 1.807) is 5.38 Å². The molecule has 3 rings (SSSR count). The molecule has 1 saturated heterocycles. The van der Waals surface area contributed by atoms with Crippen molar-refractivity contribution in [3.05, 3.63) is 10.9 Å². The number of amides is 1. The zero-order valence-corrected chi connectivity index (χ0v) is 13.2. The molecule has 0 bridgehead atoms. The van der Waals surface area contributed by atoms with E-state index in [1.807, 2.05) is 0 Å². The summed E-state index contributed by atoms with van der Waals surface area (Å²) in [6.45, 7) is 3.13. The van der Waals surface area contributed by atoms with E-state index in [1.165, 1.54) is 63.1 Å². The van der Waals surface area contributed by atoms with Crippen molar-refractivity contribution >= 4 is 23.3 Å². The van der Waals surface area contributed by atoms with Crippen LogP contribution < -0.4 is 11.1 Å². The number of nitrogen functional groups attached to an aromatic ring is 1. The maximum atomic E-state index is 12.0. The van der Waals surface area contributed by atoms with Crippen LogP contribution in [0, 0.1) is 5.92 Å². The van der Waals surface area contributed by atoms with Crippen LogP contribution in [-0.2, 0) is 0 Å². The molecule has 1 amide bonds. The molecule has 1 saturated carbocycles. The molecule has 3 N–H and O–H groups in total. The molecule has 5 nitrogen and oxygen atoms in total. The number of aromatic nitrogens is 1. The van der Waals surface area contributed by atoms with E-state index in [0.717, 1.165) is 12.6 Å². The Balaban J connectivity index is 1.41. The first kappa shape index (κ1) is 14.8. The number of hydrogen-bond donors (Lipinski definition) is 2. The molecule has 21 heavy (non-hydrogen) atoms. The standard InChI is InChI=1S/C15H24N4OS/c16-14-13(10-21-18-14)15(20)17-9-11-5-7-19(8-6-11)12-3-1-2-4-12/h10-12H,1-9H2,(H2,16,18)(H,17,20). The van der Waals surface area contributed by atoms with E-state index in [0.29, 0.717) is 17.3 Å². The van der Waals surface area contributed by atoms with Crippen LogP contribution in [0.5, 0.6) is 0 Å². The number of anilines is 1. The molecular formula is C15H24N4OS. The minimum absolute atomic E-state index is 0.0838. The van der Waals surface area contributed by atoms with Gasteiger partial charge in [-0.3, -0.25) is 4.79 Å². The fourth-order valence-electron chi connectivity index (χ4n) is 3.54. The van der Waals surface area contributed by atoms with Crippen molar-refractivity contribution in [1.29, 1.82) is 0 Å². The Labute approximate surface area is 130 Å². The monoisotopic (exact) mass is 308 g/mol. The fourth-order valence-corrected chi connectivity index (χ4v) is 4.14. The number of carbonyl (C=O) groups is 1. The van der Waals surface area contributed by atoms with Crippen LogP contribution >= 0.6 is 11.5 Å². The van der Waals surface area contributed by atoms with E-state index in [2.05, 4.69) is 14.6 Å². The van der Waals surface area contributed by atoms with Gasteiger partial charge in [-0.1, -0.05) is 12.8 Å². The molecule has 1 aromatic rings. The highest BCUT2D eigenvalue weighted by molar-refractivity contribution is 7.04. The van der Waals surface area contributed by atoms with E-state index < -0.39 is 0 Å². The number of nitrogens with one attached hydrogen (secondary N) is 1. The Morgan fingerprint density at radius 1 is 1.33 bits per heavy atom. The lowest BCUT2D eigenvalue weighted by Crippen LogP contribution is -2.42. The van der Waals surface area contributed by atoms with E-state index in [9.17, 15) is 4.79 Å². The summed E-state index contributed by atoms with van der Waals surface area (Å²) in [5, 5.41) is 4.72. The average Bonchev–Trinajstić information content (AvgIpc) is 3.16. The third-order valence-corrected chi connectivity index (χ3v) is 5.53. The van der Waals surface area contributed by atoms with Crippen molar-refractivity contribution < 1.29 is 4.79 Å². The number of piperidine rings is 1. The molecule has 0 unspecified atom stereocenters. The summed E-state index contributed by atoms with van der Waals surface area (Å²) in [6, 6.07) is 0.831. The third kappa shape index (κ3) is 3.55. The van der Waals surface area contributed by atoms with Gasteiger partial charge in [0.25, 0.3) is 5.91 Å². The van der Waals surface area contributed by atoms with Gasteiger partial charge in [0, 0.05) is 18.0 Å². The summed E-state index contributed by atoms with van der Waals surface area (Å²) >= 11 is 1.23. The summed E-state index contributed by atoms with van der Waals surface area (Å²) in [4.78, 5) is 14.7. The van der Waals surface area contributed by atoms with Gasteiger partial charge in [0.15, 0.2) is 0 Å².